The molecule has 6 heteroatoms. The molecular weight excluding hydrogens is 270 g/mol. The molecule has 0 saturated carbocycles. The molecule has 0 aromatic rings. The Bertz CT molecular complexity index is 489. The van der Waals surface area contributed by atoms with E-state index in [2.05, 4.69) is 16.1 Å². The lowest BCUT2D eigenvalue weighted by atomic mass is 9.92. The lowest BCUT2D eigenvalue weighted by molar-refractivity contribution is -0.147. The SMILES string of the molecule is C#CCCC1(CCC(=O)N2CC(C(=O)O)CCC2C)N=N1. The monoisotopic (exact) mass is 291 g/mol. The van der Waals surface area contributed by atoms with E-state index in [1.807, 2.05) is 6.92 Å². The highest BCUT2D eigenvalue weighted by Gasteiger charge is 2.40. The summed E-state index contributed by atoms with van der Waals surface area (Å²) in [6.45, 7) is 2.27. The number of aliphatic carboxylic acids is 1. The van der Waals surface area contributed by atoms with Gasteiger partial charge in [0.1, 0.15) is 0 Å². The van der Waals surface area contributed by atoms with Crippen molar-refractivity contribution in [2.24, 2.45) is 16.1 Å². The third-order valence-corrected chi connectivity index (χ3v) is 4.34. The van der Waals surface area contributed by atoms with Crippen LogP contribution >= 0.6 is 0 Å². The summed E-state index contributed by atoms with van der Waals surface area (Å²) < 4.78 is 0. The highest BCUT2D eigenvalue weighted by molar-refractivity contribution is 5.78. The van der Waals surface area contributed by atoms with Gasteiger partial charge in [0.05, 0.1) is 5.92 Å². The van der Waals surface area contributed by atoms with Crippen molar-refractivity contribution in [1.82, 2.24) is 4.90 Å². The van der Waals surface area contributed by atoms with E-state index in [9.17, 15) is 9.59 Å². The lowest BCUT2D eigenvalue weighted by Crippen LogP contribution is -2.47. The Kier molecular flexibility index (Phi) is 4.61. The Balaban J connectivity index is 1.84. The maximum absolute atomic E-state index is 12.3. The molecule has 1 fully saturated rings. The standard InChI is InChI=1S/C15H21N3O3/c1-3-4-8-15(16-17-15)9-7-13(19)18-10-12(14(20)21)6-5-11(18)2/h1,11-12H,4-10H2,2H3,(H,20,21). The number of carboxylic acid groups (broad SMARTS) is 1. The summed E-state index contributed by atoms with van der Waals surface area (Å²) in [5.74, 6) is 1.28. The molecule has 0 spiro atoms. The minimum Gasteiger partial charge on any atom is -0.481 e. The summed E-state index contributed by atoms with van der Waals surface area (Å²) in [7, 11) is 0. The molecule has 1 N–H and O–H groups in total. The lowest BCUT2D eigenvalue weighted by Gasteiger charge is -2.36. The van der Waals surface area contributed by atoms with E-state index in [0.717, 1.165) is 6.42 Å². The molecule has 2 unspecified atom stereocenters. The van der Waals surface area contributed by atoms with Gasteiger partial charge in [0.25, 0.3) is 0 Å². The first-order valence-corrected chi connectivity index (χ1v) is 7.37. The fourth-order valence-electron chi connectivity index (χ4n) is 2.77. The van der Waals surface area contributed by atoms with Crippen molar-refractivity contribution < 1.29 is 14.7 Å². The molecule has 114 valence electrons. The molecule has 0 bridgehead atoms. The number of rotatable bonds is 6. The largest absolute Gasteiger partial charge is 0.481 e. The van der Waals surface area contributed by atoms with Crippen LogP contribution in [0.2, 0.25) is 0 Å². The highest BCUT2D eigenvalue weighted by atomic mass is 16.4. The van der Waals surface area contributed by atoms with Crippen LogP contribution in [0.5, 0.6) is 0 Å². The van der Waals surface area contributed by atoms with Gasteiger partial charge < -0.3 is 10.0 Å². The number of hydrogen-bond donors (Lipinski definition) is 1. The van der Waals surface area contributed by atoms with E-state index in [1.54, 1.807) is 4.90 Å². The summed E-state index contributed by atoms with van der Waals surface area (Å²) in [5, 5.41) is 17.1. The molecule has 2 heterocycles. The van der Waals surface area contributed by atoms with Crippen molar-refractivity contribution >= 4 is 11.9 Å². The molecule has 1 amide bonds. The second kappa shape index (κ2) is 6.25. The summed E-state index contributed by atoms with van der Waals surface area (Å²) in [6.07, 6.45) is 8.80. The van der Waals surface area contributed by atoms with Crippen molar-refractivity contribution in [3.8, 4) is 12.3 Å². The van der Waals surface area contributed by atoms with Crippen molar-refractivity contribution in [2.45, 2.75) is 57.2 Å². The molecule has 6 nitrogen and oxygen atoms in total. The van der Waals surface area contributed by atoms with Gasteiger partial charge in [-0.25, -0.2) is 0 Å². The Labute approximate surface area is 124 Å². The van der Waals surface area contributed by atoms with Gasteiger partial charge >= 0.3 is 5.97 Å². The number of carboxylic acids is 1. The number of terminal acetylenes is 1. The van der Waals surface area contributed by atoms with E-state index < -0.39 is 17.6 Å². The summed E-state index contributed by atoms with van der Waals surface area (Å²) in [6, 6.07) is 0.0999. The minimum atomic E-state index is -0.822. The van der Waals surface area contributed by atoms with E-state index >= 15 is 0 Å². The topological polar surface area (TPSA) is 82.3 Å². The number of carbonyl (C=O) groups excluding carboxylic acids is 1. The summed E-state index contributed by atoms with van der Waals surface area (Å²) in [4.78, 5) is 25.1. The number of nitrogens with zero attached hydrogens (tertiary/aromatic N) is 3. The normalized spacial score (nSPS) is 26.2. The van der Waals surface area contributed by atoms with Crippen LogP contribution in [0.4, 0.5) is 0 Å². The second-order valence-electron chi connectivity index (χ2n) is 5.89. The number of piperidine rings is 1. The predicted molar refractivity (Wildman–Crippen MR) is 76.4 cm³/mol. The Hall–Kier alpha value is -1.90. The summed E-state index contributed by atoms with van der Waals surface area (Å²) in [5.41, 5.74) is -0.451. The third-order valence-electron chi connectivity index (χ3n) is 4.34. The zero-order valence-electron chi connectivity index (χ0n) is 12.3. The molecule has 2 atom stereocenters. The van der Waals surface area contributed by atoms with E-state index in [-0.39, 0.29) is 11.9 Å². The molecule has 1 saturated heterocycles. The van der Waals surface area contributed by atoms with Gasteiger partial charge in [-0.05, 0) is 19.8 Å². The Morgan fingerprint density at radius 2 is 2.10 bits per heavy atom. The molecule has 0 aromatic carbocycles. The molecule has 2 aliphatic heterocycles. The van der Waals surface area contributed by atoms with Crippen molar-refractivity contribution in [3.63, 3.8) is 0 Å². The van der Waals surface area contributed by atoms with Crippen molar-refractivity contribution in [1.29, 1.82) is 0 Å². The van der Waals surface area contributed by atoms with Gasteiger partial charge in [0.15, 0.2) is 5.66 Å². The van der Waals surface area contributed by atoms with Crippen LogP contribution in [0.25, 0.3) is 0 Å². The average Bonchev–Trinajstić information content (AvgIpc) is 3.23. The van der Waals surface area contributed by atoms with Crippen LogP contribution in [0.15, 0.2) is 10.2 Å². The zero-order chi connectivity index (χ0) is 15.5. The number of amides is 1. The van der Waals surface area contributed by atoms with Crippen LogP contribution in [-0.4, -0.2) is 40.1 Å². The number of hydrogen-bond acceptors (Lipinski definition) is 4. The molecule has 2 rings (SSSR count). The first-order valence-electron chi connectivity index (χ1n) is 7.37. The third kappa shape index (κ3) is 3.81. The molecular formula is C15H21N3O3. The quantitative estimate of drug-likeness (QED) is 0.760. The van der Waals surface area contributed by atoms with Crippen LogP contribution in [0.1, 0.15) is 45.4 Å². The van der Waals surface area contributed by atoms with E-state index in [0.29, 0.717) is 38.6 Å². The van der Waals surface area contributed by atoms with Gasteiger partial charge in [0.2, 0.25) is 5.91 Å². The fourth-order valence-corrected chi connectivity index (χ4v) is 2.77. The molecule has 0 aliphatic carbocycles. The smallest absolute Gasteiger partial charge is 0.308 e. The average molecular weight is 291 g/mol. The maximum atomic E-state index is 12.3. The van der Waals surface area contributed by atoms with Gasteiger partial charge in [-0.15, -0.1) is 12.3 Å². The molecule has 2 aliphatic rings. The van der Waals surface area contributed by atoms with Crippen LogP contribution in [0.3, 0.4) is 0 Å². The molecule has 21 heavy (non-hydrogen) atoms. The fraction of sp³-hybridized carbons (Fsp3) is 0.733. The van der Waals surface area contributed by atoms with Gasteiger partial charge in [-0.3, -0.25) is 9.59 Å². The maximum Gasteiger partial charge on any atom is 0.308 e. The van der Waals surface area contributed by atoms with Crippen LogP contribution in [-0.2, 0) is 9.59 Å². The van der Waals surface area contributed by atoms with Crippen molar-refractivity contribution in [3.05, 3.63) is 0 Å². The summed E-state index contributed by atoms with van der Waals surface area (Å²) >= 11 is 0. The van der Waals surface area contributed by atoms with Gasteiger partial charge in [-0.2, -0.15) is 10.2 Å². The number of likely N-dealkylation sites (tertiary alicyclic amines) is 1. The van der Waals surface area contributed by atoms with E-state index in [4.69, 9.17) is 11.5 Å². The second-order valence-corrected chi connectivity index (χ2v) is 5.89. The first-order chi connectivity index (χ1) is 9.97. The minimum absolute atomic E-state index is 0.00849. The first kappa shape index (κ1) is 15.5. The predicted octanol–water partition coefficient (Wildman–Crippen LogP) is 2.05. The van der Waals surface area contributed by atoms with Crippen molar-refractivity contribution in [2.75, 3.05) is 6.54 Å². The highest BCUT2D eigenvalue weighted by Crippen LogP contribution is 2.38. The van der Waals surface area contributed by atoms with Crippen LogP contribution in [0, 0.1) is 18.3 Å². The van der Waals surface area contributed by atoms with Gasteiger partial charge in [-0.1, -0.05) is 0 Å². The zero-order valence-corrected chi connectivity index (χ0v) is 12.3. The van der Waals surface area contributed by atoms with E-state index in [1.165, 1.54) is 0 Å². The molecule has 0 aromatic heterocycles. The number of carbonyl (C=O) groups is 2. The van der Waals surface area contributed by atoms with Crippen LogP contribution < -0.4 is 0 Å². The Morgan fingerprint density at radius 3 is 2.67 bits per heavy atom. The molecule has 0 radical (unpaired) electrons. The van der Waals surface area contributed by atoms with Gasteiger partial charge in [0, 0.05) is 38.3 Å². The Morgan fingerprint density at radius 1 is 1.38 bits per heavy atom.